The van der Waals surface area contributed by atoms with Gasteiger partial charge in [0.15, 0.2) is 6.29 Å². The summed E-state index contributed by atoms with van der Waals surface area (Å²) in [6.07, 6.45) is 1.76. The zero-order chi connectivity index (χ0) is 10.1. The highest BCUT2D eigenvalue weighted by Crippen LogP contribution is 2.35. The van der Waals surface area contributed by atoms with Gasteiger partial charge in [-0.15, -0.1) is 11.3 Å². The summed E-state index contributed by atoms with van der Waals surface area (Å²) in [5.41, 5.74) is 1.07. The molecule has 0 unspecified atom stereocenters. The van der Waals surface area contributed by atoms with E-state index >= 15 is 0 Å². The molecule has 1 nitrogen and oxygen atoms in total. The molecule has 2 rings (SSSR count). The van der Waals surface area contributed by atoms with Crippen LogP contribution in [0.4, 0.5) is 0 Å². The van der Waals surface area contributed by atoms with E-state index in [-0.39, 0.29) is 0 Å². The number of hydrogen-bond acceptors (Lipinski definition) is 2. The molecule has 0 saturated heterocycles. The maximum Gasteiger partial charge on any atom is 0.160 e. The lowest BCUT2D eigenvalue weighted by Gasteiger charge is -1.97. The fraction of sp³-hybridized carbons (Fsp3) is 0.182. The number of rotatable bonds is 2. The van der Waals surface area contributed by atoms with Gasteiger partial charge in [0.05, 0.1) is 4.88 Å². The maximum atomic E-state index is 10.8. The van der Waals surface area contributed by atoms with Crippen LogP contribution in [0.2, 0.25) is 5.02 Å². The maximum absolute atomic E-state index is 10.8. The number of fused-ring (bicyclic) bond motifs is 1. The Hall–Kier alpha value is -0.860. The summed E-state index contributed by atoms with van der Waals surface area (Å²) in [6, 6.07) is 5.78. The number of carbonyl (C=O) groups is 1. The third-order valence-electron chi connectivity index (χ3n) is 2.26. The predicted octanol–water partition coefficient (Wildman–Crippen LogP) is 3.93. The van der Waals surface area contributed by atoms with Gasteiger partial charge in [-0.05, 0) is 24.1 Å². The van der Waals surface area contributed by atoms with Gasteiger partial charge in [0.2, 0.25) is 0 Å². The van der Waals surface area contributed by atoms with Gasteiger partial charge in [0, 0.05) is 15.1 Å². The lowest BCUT2D eigenvalue weighted by Crippen LogP contribution is -1.83. The quantitative estimate of drug-likeness (QED) is 0.707. The summed E-state index contributed by atoms with van der Waals surface area (Å²) in [7, 11) is 0. The summed E-state index contributed by atoms with van der Waals surface area (Å²) in [5, 5.41) is 1.78. The molecule has 1 aromatic heterocycles. The second-order valence-corrected chi connectivity index (χ2v) is 4.52. The van der Waals surface area contributed by atoms with Crippen LogP contribution in [0.15, 0.2) is 18.2 Å². The highest BCUT2D eigenvalue weighted by molar-refractivity contribution is 7.20. The van der Waals surface area contributed by atoms with Crippen LogP contribution >= 0.6 is 22.9 Å². The predicted molar refractivity (Wildman–Crippen MR) is 61.6 cm³/mol. The number of thiophene rings is 1. The summed E-state index contributed by atoms with van der Waals surface area (Å²) in [6.45, 7) is 2.04. The molecular formula is C11H9ClOS. The molecule has 0 amide bonds. The Kier molecular flexibility index (Phi) is 2.57. The van der Waals surface area contributed by atoms with E-state index < -0.39 is 0 Å². The van der Waals surface area contributed by atoms with Gasteiger partial charge in [-0.2, -0.15) is 0 Å². The molecule has 0 aliphatic heterocycles. The average Bonchev–Trinajstić information content (AvgIpc) is 2.56. The van der Waals surface area contributed by atoms with Crippen molar-refractivity contribution in [3.63, 3.8) is 0 Å². The van der Waals surface area contributed by atoms with Crippen LogP contribution in [0.1, 0.15) is 22.2 Å². The van der Waals surface area contributed by atoms with Crippen molar-refractivity contribution in [3.8, 4) is 0 Å². The first-order valence-electron chi connectivity index (χ1n) is 4.43. The van der Waals surface area contributed by atoms with Gasteiger partial charge in [-0.1, -0.05) is 24.6 Å². The molecule has 2 aromatic rings. The van der Waals surface area contributed by atoms with Gasteiger partial charge in [-0.3, -0.25) is 4.79 Å². The summed E-state index contributed by atoms with van der Waals surface area (Å²) < 4.78 is 1.09. The van der Waals surface area contributed by atoms with E-state index in [9.17, 15) is 4.79 Å². The molecule has 0 aliphatic rings. The zero-order valence-electron chi connectivity index (χ0n) is 7.71. The Morgan fingerprint density at radius 3 is 2.93 bits per heavy atom. The largest absolute Gasteiger partial charge is 0.297 e. The van der Waals surface area contributed by atoms with Crippen LogP contribution in [-0.2, 0) is 6.42 Å². The monoisotopic (exact) mass is 224 g/mol. The molecule has 0 saturated carbocycles. The smallest absolute Gasteiger partial charge is 0.160 e. The number of aryl methyl sites for hydroxylation is 1. The minimum Gasteiger partial charge on any atom is -0.297 e. The lowest BCUT2D eigenvalue weighted by atomic mass is 10.1. The molecule has 0 spiro atoms. The van der Waals surface area contributed by atoms with E-state index in [4.69, 9.17) is 11.6 Å². The lowest BCUT2D eigenvalue weighted by molar-refractivity contribution is 0.112. The number of carbonyl (C=O) groups excluding carboxylic acids is 1. The van der Waals surface area contributed by atoms with Crippen molar-refractivity contribution in [2.75, 3.05) is 0 Å². The molecule has 0 radical (unpaired) electrons. The Morgan fingerprint density at radius 2 is 2.29 bits per heavy atom. The first-order chi connectivity index (χ1) is 6.77. The second-order valence-electron chi connectivity index (χ2n) is 3.03. The minimum atomic E-state index is 0.740. The van der Waals surface area contributed by atoms with Crippen molar-refractivity contribution in [2.45, 2.75) is 13.3 Å². The molecule has 0 aliphatic carbocycles. The highest BCUT2D eigenvalue weighted by atomic mass is 35.5. The molecule has 0 fully saturated rings. The number of hydrogen-bond donors (Lipinski definition) is 0. The van der Waals surface area contributed by atoms with E-state index in [1.54, 1.807) is 0 Å². The van der Waals surface area contributed by atoms with Crippen LogP contribution in [0.5, 0.6) is 0 Å². The normalized spacial score (nSPS) is 10.7. The van der Waals surface area contributed by atoms with Gasteiger partial charge < -0.3 is 0 Å². The van der Waals surface area contributed by atoms with Crippen molar-refractivity contribution < 1.29 is 4.79 Å². The Labute approximate surface area is 91.3 Å². The van der Waals surface area contributed by atoms with Crippen molar-refractivity contribution in [1.29, 1.82) is 0 Å². The SMILES string of the molecule is CCc1c(C=O)sc2cccc(Cl)c12. The molecule has 14 heavy (non-hydrogen) atoms. The van der Waals surface area contributed by atoms with E-state index in [2.05, 4.69) is 0 Å². The van der Waals surface area contributed by atoms with E-state index in [0.717, 1.165) is 38.3 Å². The number of aldehydes is 1. The van der Waals surface area contributed by atoms with E-state index in [1.165, 1.54) is 11.3 Å². The molecular weight excluding hydrogens is 216 g/mol. The van der Waals surface area contributed by atoms with Gasteiger partial charge >= 0.3 is 0 Å². The average molecular weight is 225 g/mol. The van der Waals surface area contributed by atoms with E-state index in [0.29, 0.717) is 0 Å². The number of halogens is 1. The number of benzene rings is 1. The van der Waals surface area contributed by atoms with Crippen molar-refractivity contribution >= 4 is 39.3 Å². The Balaban J connectivity index is 2.88. The van der Waals surface area contributed by atoms with Crippen LogP contribution < -0.4 is 0 Å². The molecule has 1 aromatic carbocycles. The molecule has 1 heterocycles. The Bertz CT molecular complexity index is 487. The molecule has 72 valence electrons. The van der Waals surface area contributed by atoms with Crippen molar-refractivity contribution in [2.24, 2.45) is 0 Å². The minimum absolute atomic E-state index is 0.740. The van der Waals surface area contributed by atoms with Crippen LogP contribution in [0.3, 0.4) is 0 Å². The van der Waals surface area contributed by atoms with Crippen molar-refractivity contribution in [3.05, 3.63) is 33.7 Å². The highest BCUT2D eigenvalue weighted by Gasteiger charge is 2.11. The van der Waals surface area contributed by atoms with Gasteiger partial charge in [-0.25, -0.2) is 0 Å². The molecule has 3 heteroatoms. The van der Waals surface area contributed by atoms with Crippen molar-refractivity contribution in [1.82, 2.24) is 0 Å². The zero-order valence-corrected chi connectivity index (χ0v) is 9.28. The Morgan fingerprint density at radius 1 is 1.50 bits per heavy atom. The summed E-state index contributed by atoms with van der Waals surface area (Å²) in [4.78, 5) is 11.6. The first-order valence-corrected chi connectivity index (χ1v) is 5.62. The summed E-state index contributed by atoms with van der Waals surface area (Å²) >= 11 is 7.61. The van der Waals surface area contributed by atoms with E-state index in [1.807, 2.05) is 25.1 Å². The molecule has 0 bridgehead atoms. The van der Waals surface area contributed by atoms with Crippen LogP contribution in [0.25, 0.3) is 10.1 Å². The fourth-order valence-corrected chi connectivity index (χ4v) is 3.11. The molecule has 0 atom stereocenters. The standard InChI is InChI=1S/C11H9ClOS/c1-2-7-10(6-13)14-9-5-3-4-8(12)11(7)9/h3-6H,2H2,1H3. The third-order valence-corrected chi connectivity index (χ3v) is 3.69. The summed E-state index contributed by atoms with van der Waals surface area (Å²) in [5.74, 6) is 0. The van der Waals surface area contributed by atoms with Crippen LogP contribution in [0, 0.1) is 0 Å². The molecule has 0 N–H and O–H groups in total. The third kappa shape index (κ3) is 1.35. The first kappa shape index (κ1) is 9.69. The van der Waals surface area contributed by atoms with Crippen LogP contribution in [-0.4, -0.2) is 6.29 Å². The second kappa shape index (κ2) is 3.71. The van der Waals surface area contributed by atoms with Gasteiger partial charge in [0.1, 0.15) is 0 Å². The fourth-order valence-electron chi connectivity index (χ4n) is 1.63. The topological polar surface area (TPSA) is 17.1 Å². The van der Waals surface area contributed by atoms with Gasteiger partial charge in [0.25, 0.3) is 0 Å².